The highest BCUT2D eigenvalue weighted by Gasteiger charge is 2.38. The first-order valence-electron chi connectivity index (χ1n) is 4.93. The smallest absolute Gasteiger partial charge is 0.291 e. The molecular weight excluding hydrogens is 249 g/mol. The van der Waals surface area contributed by atoms with Gasteiger partial charge in [-0.05, 0) is 12.1 Å². The van der Waals surface area contributed by atoms with Crippen LogP contribution in [0.1, 0.15) is 11.5 Å². The van der Waals surface area contributed by atoms with E-state index in [0.717, 1.165) is 4.90 Å². The van der Waals surface area contributed by atoms with E-state index in [1.165, 1.54) is 22.5 Å². The molecule has 0 aliphatic carbocycles. The van der Waals surface area contributed by atoms with Crippen LogP contribution in [0.5, 0.6) is 0 Å². The van der Waals surface area contributed by atoms with E-state index in [2.05, 4.69) is 4.98 Å². The van der Waals surface area contributed by atoms with Crippen molar-refractivity contribution < 1.29 is 13.2 Å². The van der Waals surface area contributed by atoms with Gasteiger partial charge in [0.1, 0.15) is 0 Å². The molecule has 1 aromatic carbocycles. The molecule has 0 fully saturated rings. The molecular formula is C11H7F3N2S. The molecule has 0 saturated heterocycles. The lowest BCUT2D eigenvalue weighted by molar-refractivity contribution is -0.146. The molecule has 3 rings (SSSR count). The molecule has 0 saturated carbocycles. The van der Waals surface area contributed by atoms with Crippen molar-refractivity contribution in [2.75, 3.05) is 0 Å². The maximum atomic E-state index is 12.8. The van der Waals surface area contributed by atoms with Gasteiger partial charge in [-0.15, -0.1) is 11.8 Å². The van der Waals surface area contributed by atoms with E-state index in [-0.39, 0.29) is 0 Å². The predicted molar refractivity (Wildman–Crippen MR) is 58.1 cm³/mol. The molecule has 1 aliphatic heterocycles. The molecule has 0 amide bonds. The Kier molecular flexibility index (Phi) is 2.22. The minimum absolute atomic E-state index is 0.514. The topological polar surface area (TPSA) is 17.8 Å². The minimum atomic E-state index is -4.42. The van der Waals surface area contributed by atoms with Gasteiger partial charge in [-0.1, -0.05) is 12.1 Å². The van der Waals surface area contributed by atoms with Gasteiger partial charge >= 0.3 is 6.18 Å². The van der Waals surface area contributed by atoms with Crippen LogP contribution in [0.2, 0.25) is 0 Å². The molecule has 1 aliphatic rings. The standard InChI is InChI=1S/C11H7F3N2S/c12-11(13,14)10-15-5-7-6-17-9-4-2-1-3-8(9)16(7)10/h1-5H,6H2. The Balaban J connectivity index is 2.27. The molecule has 0 bridgehead atoms. The van der Waals surface area contributed by atoms with Crippen LogP contribution in [0, 0.1) is 0 Å². The van der Waals surface area contributed by atoms with Crippen LogP contribution in [-0.4, -0.2) is 9.55 Å². The van der Waals surface area contributed by atoms with Gasteiger partial charge in [0.25, 0.3) is 0 Å². The molecule has 1 aromatic heterocycles. The maximum absolute atomic E-state index is 12.8. The van der Waals surface area contributed by atoms with E-state index in [1.807, 2.05) is 12.1 Å². The number of alkyl halides is 3. The van der Waals surface area contributed by atoms with E-state index in [4.69, 9.17) is 0 Å². The number of fused-ring (bicyclic) bond motifs is 3. The van der Waals surface area contributed by atoms with Crippen LogP contribution in [0.25, 0.3) is 5.69 Å². The average Bonchev–Trinajstić information content (AvgIpc) is 2.72. The molecule has 2 nitrogen and oxygen atoms in total. The summed E-state index contributed by atoms with van der Waals surface area (Å²) in [6.45, 7) is 0. The Hall–Kier alpha value is -1.43. The largest absolute Gasteiger partial charge is 0.450 e. The molecule has 0 unspecified atom stereocenters. The Labute approximate surface area is 99.5 Å². The van der Waals surface area contributed by atoms with Gasteiger partial charge in [0.15, 0.2) is 0 Å². The number of thioether (sulfide) groups is 1. The number of nitrogens with zero attached hydrogens (tertiary/aromatic N) is 2. The number of para-hydroxylation sites is 1. The number of hydrogen-bond donors (Lipinski definition) is 0. The number of halogens is 3. The first kappa shape index (κ1) is 10.7. The third kappa shape index (κ3) is 1.63. The Bertz CT molecular complexity index is 574. The summed E-state index contributed by atoms with van der Waals surface area (Å²) >= 11 is 1.53. The number of hydrogen-bond acceptors (Lipinski definition) is 2. The minimum Gasteiger partial charge on any atom is -0.291 e. The second kappa shape index (κ2) is 3.53. The highest BCUT2D eigenvalue weighted by atomic mass is 32.2. The second-order valence-corrected chi connectivity index (χ2v) is 4.68. The Morgan fingerprint density at radius 1 is 1.24 bits per heavy atom. The van der Waals surface area contributed by atoms with Gasteiger partial charge in [0.05, 0.1) is 17.6 Å². The summed E-state index contributed by atoms with van der Waals surface area (Å²) in [5, 5.41) is 0. The molecule has 0 radical (unpaired) electrons. The zero-order valence-electron chi connectivity index (χ0n) is 8.53. The van der Waals surface area contributed by atoms with E-state index in [1.54, 1.807) is 12.1 Å². The third-order valence-electron chi connectivity index (χ3n) is 2.57. The summed E-state index contributed by atoms with van der Waals surface area (Å²) in [5.41, 5.74) is 1.14. The van der Waals surface area contributed by atoms with Crippen LogP contribution >= 0.6 is 11.8 Å². The van der Waals surface area contributed by atoms with Crippen molar-refractivity contribution in [1.29, 1.82) is 0 Å². The van der Waals surface area contributed by atoms with Crippen LogP contribution in [-0.2, 0) is 11.9 Å². The average molecular weight is 256 g/mol. The van der Waals surface area contributed by atoms with Crippen molar-refractivity contribution in [3.63, 3.8) is 0 Å². The van der Waals surface area contributed by atoms with E-state index < -0.39 is 12.0 Å². The molecule has 6 heteroatoms. The summed E-state index contributed by atoms with van der Waals surface area (Å²) in [6, 6.07) is 7.06. The second-order valence-electron chi connectivity index (χ2n) is 3.66. The van der Waals surface area contributed by atoms with Crippen molar-refractivity contribution in [1.82, 2.24) is 9.55 Å². The first-order valence-corrected chi connectivity index (χ1v) is 5.92. The van der Waals surface area contributed by atoms with Crippen molar-refractivity contribution in [3.8, 4) is 5.69 Å². The molecule has 0 spiro atoms. The molecule has 0 N–H and O–H groups in total. The fourth-order valence-electron chi connectivity index (χ4n) is 1.87. The summed E-state index contributed by atoms with van der Waals surface area (Å²) in [7, 11) is 0. The molecule has 17 heavy (non-hydrogen) atoms. The Morgan fingerprint density at radius 3 is 2.76 bits per heavy atom. The summed E-state index contributed by atoms with van der Waals surface area (Å²) in [4.78, 5) is 4.34. The third-order valence-corrected chi connectivity index (χ3v) is 3.67. The van der Waals surface area contributed by atoms with E-state index in [9.17, 15) is 13.2 Å². The van der Waals surface area contributed by atoms with Crippen molar-refractivity contribution in [2.45, 2.75) is 16.8 Å². The normalized spacial score (nSPS) is 14.3. The fraction of sp³-hybridized carbons (Fsp3) is 0.182. The molecule has 0 atom stereocenters. The van der Waals surface area contributed by atoms with Gasteiger partial charge in [-0.3, -0.25) is 4.57 Å². The summed E-state index contributed by atoms with van der Waals surface area (Å²) in [6.07, 6.45) is -3.13. The maximum Gasteiger partial charge on any atom is 0.450 e. The van der Waals surface area contributed by atoms with E-state index in [0.29, 0.717) is 17.1 Å². The molecule has 2 aromatic rings. The van der Waals surface area contributed by atoms with Crippen LogP contribution in [0.4, 0.5) is 13.2 Å². The summed E-state index contributed by atoms with van der Waals surface area (Å²) < 4.78 is 39.6. The number of rotatable bonds is 0. The van der Waals surface area contributed by atoms with E-state index >= 15 is 0 Å². The first-order chi connectivity index (χ1) is 8.07. The van der Waals surface area contributed by atoms with Gasteiger partial charge in [-0.2, -0.15) is 13.2 Å². The zero-order chi connectivity index (χ0) is 12.0. The number of imidazole rings is 1. The lowest BCUT2D eigenvalue weighted by atomic mass is 10.3. The van der Waals surface area contributed by atoms with Gasteiger partial charge in [0.2, 0.25) is 5.82 Å². The van der Waals surface area contributed by atoms with Crippen LogP contribution < -0.4 is 0 Å². The monoisotopic (exact) mass is 256 g/mol. The Morgan fingerprint density at radius 2 is 2.00 bits per heavy atom. The lowest BCUT2D eigenvalue weighted by Gasteiger charge is -2.20. The zero-order valence-corrected chi connectivity index (χ0v) is 9.35. The van der Waals surface area contributed by atoms with Gasteiger partial charge in [0, 0.05) is 10.6 Å². The van der Waals surface area contributed by atoms with Crippen LogP contribution in [0.3, 0.4) is 0 Å². The quantitative estimate of drug-likeness (QED) is 0.718. The highest BCUT2D eigenvalue weighted by molar-refractivity contribution is 7.98. The fourth-order valence-corrected chi connectivity index (χ4v) is 2.86. The highest BCUT2D eigenvalue weighted by Crippen LogP contribution is 2.39. The van der Waals surface area contributed by atoms with Crippen LogP contribution in [0.15, 0.2) is 35.4 Å². The van der Waals surface area contributed by atoms with Crippen molar-refractivity contribution >= 4 is 11.8 Å². The van der Waals surface area contributed by atoms with Gasteiger partial charge < -0.3 is 0 Å². The molecule has 2 heterocycles. The van der Waals surface area contributed by atoms with Gasteiger partial charge in [-0.25, -0.2) is 4.98 Å². The molecule has 88 valence electrons. The van der Waals surface area contributed by atoms with Crippen molar-refractivity contribution in [2.24, 2.45) is 0 Å². The number of benzene rings is 1. The van der Waals surface area contributed by atoms with Crippen molar-refractivity contribution in [3.05, 3.63) is 42.0 Å². The lowest BCUT2D eigenvalue weighted by Crippen LogP contribution is -2.17. The predicted octanol–water partition coefficient (Wildman–Crippen LogP) is 3.50. The SMILES string of the molecule is FC(F)(F)c1ncc2n1-c1ccccc1SC2. The summed E-state index contributed by atoms with van der Waals surface area (Å²) in [5.74, 6) is -0.333. The number of aromatic nitrogens is 2.